The minimum atomic E-state index is -0.233. The minimum Gasteiger partial charge on any atom is -0.487 e. The first-order valence-corrected chi connectivity index (χ1v) is 12.4. The molecule has 0 bridgehead atoms. The summed E-state index contributed by atoms with van der Waals surface area (Å²) in [5, 5.41) is 3.27. The van der Waals surface area contributed by atoms with Gasteiger partial charge in [-0.05, 0) is 55.7 Å². The third-order valence-corrected chi connectivity index (χ3v) is 7.52. The SMILES string of the molecule is CCC1(CC)C[C@H](NC(=O)c2ccc(CSc3ccc(C)cc3)cc2)c2ccccc2O1. The molecule has 1 N–H and O–H groups in total. The predicted octanol–water partition coefficient (Wildman–Crippen LogP) is 7.10. The van der Waals surface area contributed by atoms with Crippen molar-refractivity contribution in [1.82, 2.24) is 5.32 Å². The normalized spacial score (nSPS) is 16.7. The second-order valence-corrected chi connectivity index (χ2v) is 9.61. The van der Waals surface area contributed by atoms with Crippen molar-refractivity contribution in [3.8, 4) is 5.75 Å². The van der Waals surface area contributed by atoms with Crippen LogP contribution in [0.3, 0.4) is 0 Å². The molecule has 0 aromatic heterocycles. The molecule has 0 saturated heterocycles. The third kappa shape index (κ3) is 5.02. The molecule has 0 aliphatic carbocycles. The lowest BCUT2D eigenvalue weighted by molar-refractivity contribution is 0.0227. The molecule has 1 aliphatic rings. The molecule has 32 heavy (non-hydrogen) atoms. The maximum atomic E-state index is 13.1. The van der Waals surface area contributed by atoms with Crippen LogP contribution >= 0.6 is 11.8 Å². The van der Waals surface area contributed by atoms with Crippen molar-refractivity contribution in [2.45, 2.75) is 62.3 Å². The van der Waals surface area contributed by atoms with Crippen molar-refractivity contribution in [3.05, 3.63) is 95.1 Å². The molecular weight excluding hydrogens is 414 g/mol. The lowest BCUT2D eigenvalue weighted by atomic mass is 9.83. The summed E-state index contributed by atoms with van der Waals surface area (Å²) in [6.07, 6.45) is 2.61. The molecule has 3 aromatic carbocycles. The molecule has 0 fully saturated rings. The quantitative estimate of drug-likeness (QED) is 0.394. The number of carbonyl (C=O) groups excluding carboxylic acids is 1. The van der Waals surface area contributed by atoms with Crippen molar-refractivity contribution in [1.29, 1.82) is 0 Å². The maximum absolute atomic E-state index is 13.1. The Morgan fingerprint density at radius 1 is 1.00 bits per heavy atom. The number of carbonyl (C=O) groups is 1. The van der Waals surface area contributed by atoms with Gasteiger partial charge in [0.25, 0.3) is 5.91 Å². The average Bonchev–Trinajstić information content (AvgIpc) is 2.84. The van der Waals surface area contributed by atoms with E-state index in [1.165, 1.54) is 16.0 Å². The topological polar surface area (TPSA) is 38.3 Å². The molecule has 1 aliphatic heterocycles. The van der Waals surface area contributed by atoms with E-state index in [0.717, 1.165) is 36.3 Å². The van der Waals surface area contributed by atoms with Gasteiger partial charge in [0, 0.05) is 28.2 Å². The summed E-state index contributed by atoms with van der Waals surface area (Å²) in [5.74, 6) is 1.73. The number of hydrogen-bond acceptors (Lipinski definition) is 3. The van der Waals surface area contributed by atoms with Crippen LogP contribution in [-0.2, 0) is 5.75 Å². The number of amides is 1. The zero-order valence-corrected chi connectivity index (χ0v) is 19.9. The van der Waals surface area contributed by atoms with E-state index in [1.54, 1.807) is 0 Å². The van der Waals surface area contributed by atoms with Gasteiger partial charge in [0.1, 0.15) is 11.4 Å². The van der Waals surface area contributed by atoms with E-state index in [1.807, 2.05) is 42.1 Å². The first-order chi connectivity index (χ1) is 15.5. The monoisotopic (exact) mass is 445 g/mol. The molecule has 0 saturated carbocycles. The van der Waals surface area contributed by atoms with Gasteiger partial charge >= 0.3 is 0 Å². The number of fused-ring (bicyclic) bond motifs is 1. The lowest BCUT2D eigenvalue weighted by Gasteiger charge is -2.41. The Hall–Kier alpha value is -2.72. The lowest BCUT2D eigenvalue weighted by Crippen LogP contribution is -2.44. The van der Waals surface area contributed by atoms with Gasteiger partial charge in [-0.3, -0.25) is 4.79 Å². The molecule has 1 atom stereocenters. The van der Waals surface area contributed by atoms with Crippen LogP contribution in [0.15, 0.2) is 77.7 Å². The molecule has 0 radical (unpaired) electrons. The Morgan fingerprint density at radius 3 is 2.38 bits per heavy atom. The van der Waals surface area contributed by atoms with E-state index in [4.69, 9.17) is 4.74 Å². The first-order valence-electron chi connectivity index (χ1n) is 11.4. The van der Waals surface area contributed by atoms with Gasteiger partial charge in [0.2, 0.25) is 0 Å². The highest BCUT2D eigenvalue weighted by Gasteiger charge is 2.38. The molecule has 1 amide bonds. The number of nitrogens with one attached hydrogen (secondary N) is 1. The highest BCUT2D eigenvalue weighted by molar-refractivity contribution is 7.98. The van der Waals surface area contributed by atoms with Crippen LogP contribution in [0.2, 0.25) is 0 Å². The Balaban J connectivity index is 1.43. The van der Waals surface area contributed by atoms with Crippen LogP contribution < -0.4 is 10.1 Å². The van der Waals surface area contributed by atoms with Gasteiger partial charge < -0.3 is 10.1 Å². The van der Waals surface area contributed by atoms with Crippen molar-refractivity contribution < 1.29 is 9.53 Å². The van der Waals surface area contributed by atoms with E-state index in [9.17, 15) is 4.79 Å². The zero-order valence-electron chi connectivity index (χ0n) is 19.1. The number of para-hydroxylation sites is 1. The fourth-order valence-corrected chi connectivity index (χ4v) is 5.08. The summed E-state index contributed by atoms with van der Waals surface area (Å²) in [4.78, 5) is 14.3. The van der Waals surface area contributed by atoms with Gasteiger partial charge in [-0.2, -0.15) is 0 Å². The Labute approximate surface area is 195 Å². The van der Waals surface area contributed by atoms with Crippen LogP contribution in [0.5, 0.6) is 5.75 Å². The van der Waals surface area contributed by atoms with Crippen LogP contribution in [0, 0.1) is 6.92 Å². The summed E-state index contributed by atoms with van der Waals surface area (Å²) < 4.78 is 6.37. The summed E-state index contributed by atoms with van der Waals surface area (Å²) >= 11 is 1.81. The predicted molar refractivity (Wildman–Crippen MR) is 132 cm³/mol. The molecule has 3 nitrogen and oxygen atoms in total. The summed E-state index contributed by atoms with van der Waals surface area (Å²) in [6, 6.07) is 24.5. The second-order valence-electron chi connectivity index (χ2n) is 8.56. The van der Waals surface area contributed by atoms with Crippen LogP contribution in [-0.4, -0.2) is 11.5 Å². The van der Waals surface area contributed by atoms with Crippen molar-refractivity contribution >= 4 is 17.7 Å². The van der Waals surface area contributed by atoms with Gasteiger partial charge in [0.05, 0.1) is 6.04 Å². The molecule has 4 rings (SSSR count). The summed E-state index contributed by atoms with van der Waals surface area (Å²) in [5.41, 5.74) is 4.00. The number of ether oxygens (including phenoxy) is 1. The molecular formula is C28H31NO2S. The fraction of sp³-hybridized carbons (Fsp3) is 0.321. The Bertz CT molecular complexity index is 1060. The van der Waals surface area contributed by atoms with E-state index in [2.05, 4.69) is 68.6 Å². The maximum Gasteiger partial charge on any atom is 0.251 e. The fourth-order valence-electron chi connectivity index (χ4n) is 4.23. The van der Waals surface area contributed by atoms with Gasteiger partial charge in [-0.1, -0.05) is 61.9 Å². The van der Waals surface area contributed by atoms with Crippen LogP contribution in [0.4, 0.5) is 0 Å². The average molecular weight is 446 g/mol. The van der Waals surface area contributed by atoms with E-state index in [-0.39, 0.29) is 17.6 Å². The zero-order chi connectivity index (χ0) is 22.6. The number of aryl methyl sites for hydroxylation is 1. The van der Waals surface area contributed by atoms with E-state index < -0.39 is 0 Å². The number of rotatable bonds is 7. The first kappa shape index (κ1) is 22.5. The molecule has 0 spiro atoms. The summed E-state index contributed by atoms with van der Waals surface area (Å²) in [7, 11) is 0. The molecule has 3 aromatic rings. The highest BCUT2D eigenvalue weighted by Crippen LogP contribution is 2.42. The summed E-state index contributed by atoms with van der Waals surface area (Å²) in [6.45, 7) is 6.41. The largest absolute Gasteiger partial charge is 0.487 e. The minimum absolute atomic E-state index is 0.0365. The van der Waals surface area contributed by atoms with Gasteiger partial charge in [-0.15, -0.1) is 11.8 Å². The van der Waals surface area contributed by atoms with Gasteiger partial charge in [-0.25, -0.2) is 0 Å². The van der Waals surface area contributed by atoms with Crippen molar-refractivity contribution in [2.24, 2.45) is 0 Å². The van der Waals surface area contributed by atoms with Crippen molar-refractivity contribution in [2.75, 3.05) is 0 Å². The highest BCUT2D eigenvalue weighted by atomic mass is 32.2. The number of hydrogen-bond donors (Lipinski definition) is 1. The van der Waals surface area contributed by atoms with E-state index in [0.29, 0.717) is 5.56 Å². The smallest absolute Gasteiger partial charge is 0.251 e. The Kier molecular flexibility index (Phi) is 6.90. The standard InChI is InChI=1S/C28H31NO2S/c1-4-28(5-2)18-25(24-8-6-7-9-26(24)31-28)29-27(30)22-14-12-21(13-15-22)19-32-23-16-10-20(3)11-17-23/h6-17,25H,4-5,18-19H2,1-3H3,(H,29,30)/t25-/m0/s1. The van der Waals surface area contributed by atoms with Crippen LogP contribution in [0.1, 0.15) is 66.2 Å². The Morgan fingerprint density at radius 2 is 1.69 bits per heavy atom. The van der Waals surface area contributed by atoms with Crippen molar-refractivity contribution in [3.63, 3.8) is 0 Å². The van der Waals surface area contributed by atoms with Crippen LogP contribution in [0.25, 0.3) is 0 Å². The number of thioether (sulfide) groups is 1. The van der Waals surface area contributed by atoms with E-state index >= 15 is 0 Å². The van der Waals surface area contributed by atoms with Gasteiger partial charge in [0.15, 0.2) is 0 Å². The second kappa shape index (κ2) is 9.83. The molecule has 0 unspecified atom stereocenters. The molecule has 1 heterocycles. The molecule has 4 heteroatoms. The molecule has 166 valence electrons. The number of benzene rings is 3. The third-order valence-electron chi connectivity index (χ3n) is 6.43.